The van der Waals surface area contributed by atoms with E-state index in [0.717, 1.165) is 17.0 Å². The van der Waals surface area contributed by atoms with Gasteiger partial charge in [-0.1, -0.05) is 11.6 Å². The lowest BCUT2D eigenvalue weighted by Crippen LogP contribution is -2.05. The minimum absolute atomic E-state index is 0.121. The van der Waals surface area contributed by atoms with Crippen LogP contribution in [0.25, 0.3) is 0 Å². The molecule has 1 aromatic carbocycles. The Morgan fingerprint density at radius 1 is 1.37 bits per heavy atom. The van der Waals surface area contributed by atoms with E-state index in [-0.39, 0.29) is 5.69 Å². The van der Waals surface area contributed by atoms with Gasteiger partial charge in [-0.25, -0.2) is 4.98 Å². The van der Waals surface area contributed by atoms with Crippen LogP contribution < -0.4 is 5.73 Å². The Balaban J connectivity index is 2.09. The van der Waals surface area contributed by atoms with Crippen LogP contribution in [0, 0.1) is 0 Å². The lowest BCUT2D eigenvalue weighted by molar-refractivity contribution is -0.137. The summed E-state index contributed by atoms with van der Waals surface area (Å²) in [7, 11) is 0. The van der Waals surface area contributed by atoms with Crippen molar-refractivity contribution in [2.45, 2.75) is 16.8 Å². The van der Waals surface area contributed by atoms with Crippen LogP contribution in [0.3, 0.4) is 0 Å². The highest BCUT2D eigenvalue weighted by molar-refractivity contribution is 7.98. The molecule has 0 bridgehead atoms. The summed E-state index contributed by atoms with van der Waals surface area (Å²) in [5, 5.41) is 0. The summed E-state index contributed by atoms with van der Waals surface area (Å²) in [6.45, 7) is 0. The van der Waals surface area contributed by atoms with Crippen molar-refractivity contribution in [3.8, 4) is 0 Å². The molecule has 0 aliphatic rings. The number of nitrogens with zero attached hydrogens (tertiary/aromatic N) is 1. The largest absolute Gasteiger partial charge is 0.416 e. The van der Waals surface area contributed by atoms with Crippen molar-refractivity contribution in [3.63, 3.8) is 0 Å². The number of alkyl halides is 3. The van der Waals surface area contributed by atoms with E-state index in [9.17, 15) is 13.2 Å². The Morgan fingerprint density at radius 3 is 2.63 bits per heavy atom. The number of rotatable bonds is 3. The molecule has 0 fully saturated rings. The number of benzene rings is 1. The summed E-state index contributed by atoms with van der Waals surface area (Å²) in [6, 6.07) is 3.35. The first-order valence-corrected chi connectivity index (χ1v) is 7.24. The van der Waals surface area contributed by atoms with Crippen LogP contribution in [0.15, 0.2) is 29.3 Å². The van der Waals surface area contributed by atoms with Gasteiger partial charge in [-0.2, -0.15) is 13.2 Å². The van der Waals surface area contributed by atoms with E-state index in [1.807, 2.05) is 0 Å². The molecule has 1 heterocycles. The van der Waals surface area contributed by atoms with Crippen LogP contribution in [0.4, 0.5) is 18.9 Å². The highest BCUT2D eigenvalue weighted by Gasteiger charge is 2.30. The third-order valence-electron chi connectivity index (χ3n) is 2.23. The summed E-state index contributed by atoms with van der Waals surface area (Å²) in [5.41, 5.74) is 5.01. The van der Waals surface area contributed by atoms with Gasteiger partial charge in [-0.3, -0.25) is 0 Å². The number of halogens is 4. The number of hydrogen-bond acceptors (Lipinski definition) is 4. The summed E-state index contributed by atoms with van der Waals surface area (Å²) < 4.78 is 37.8. The average molecular weight is 325 g/mol. The Morgan fingerprint density at radius 2 is 2.11 bits per heavy atom. The maximum Gasteiger partial charge on any atom is 0.416 e. The fourth-order valence-electron chi connectivity index (χ4n) is 1.36. The molecule has 2 nitrogen and oxygen atoms in total. The predicted octanol–water partition coefficient (Wildman–Crippen LogP) is 4.69. The van der Waals surface area contributed by atoms with Crippen LogP contribution in [-0.4, -0.2) is 4.98 Å². The summed E-state index contributed by atoms with van der Waals surface area (Å²) in [6.07, 6.45) is -2.73. The zero-order valence-corrected chi connectivity index (χ0v) is 11.8. The summed E-state index contributed by atoms with van der Waals surface area (Å²) >= 11 is 8.38. The second-order valence-electron chi connectivity index (χ2n) is 3.62. The van der Waals surface area contributed by atoms with Crippen molar-refractivity contribution in [3.05, 3.63) is 39.3 Å². The third-order valence-corrected chi connectivity index (χ3v) is 4.67. The number of nitrogens with two attached hydrogens (primary N) is 1. The number of anilines is 1. The van der Waals surface area contributed by atoms with Crippen molar-refractivity contribution >= 4 is 40.4 Å². The molecule has 19 heavy (non-hydrogen) atoms. The van der Waals surface area contributed by atoms with Gasteiger partial charge in [0.05, 0.1) is 5.56 Å². The maximum atomic E-state index is 12.5. The zero-order valence-electron chi connectivity index (χ0n) is 9.37. The second kappa shape index (κ2) is 5.60. The van der Waals surface area contributed by atoms with Crippen LogP contribution in [0.5, 0.6) is 0 Å². The number of nitrogen functional groups attached to an aromatic ring is 1. The molecule has 0 spiro atoms. The molecule has 1 aromatic heterocycles. The van der Waals surface area contributed by atoms with Gasteiger partial charge in [0.25, 0.3) is 0 Å². The molecule has 0 amide bonds. The van der Waals surface area contributed by atoms with Crippen LogP contribution >= 0.6 is 34.7 Å². The average Bonchev–Trinajstić information content (AvgIpc) is 2.72. The lowest BCUT2D eigenvalue weighted by Gasteiger charge is -2.10. The van der Waals surface area contributed by atoms with Crippen LogP contribution in [0.1, 0.15) is 10.4 Å². The van der Waals surface area contributed by atoms with E-state index >= 15 is 0 Å². The molecule has 0 aliphatic carbocycles. The van der Waals surface area contributed by atoms with Gasteiger partial charge in [0.15, 0.2) is 4.47 Å². The number of thiazole rings is 1. The normalized spacial score (nSPS) is 11.8. The van der Waals surface area contributed by atoms with E-state index in [0.29, 0.717) is 15.1 Å². The molecule has 102 valence electrons. The van der Waals surface area contributed by atoms with E-state index < -0.39 is 11.7 Å². The Bertz CT molecular complexity index is 584. The molecule has 2 rings (SSSR count). The van der Waals surface area contributed by atoms with Gasteiger partial charge in [0, 0.05) is 27.4 Å². The van der Waals surface area contributed by atoms with Gasteiger partial charge in [-0.15, -0.1) is 23.1 Å². The SMILES string of the molecule is Nc1cc(C(F)(F)F)ccc1SCc1cnc(Cl)s1. The quantitative estimate of drug-likeness (QED) is 0.657. The molecule has 0 aliphatic heterocycles. The molecule has 0 saturated carbocycles. The van der Waals surface area contributed by atoms with Crippen LogP contribution in [-0.2, 0) is 11.9 Å². The van der Waals surface area contributed by atoms with Gasteiger partial charge < -0.3 is 5.73 Å². The molecule has 0 unspecified atom stereocenters. The molecular formula is C11H8ClF3N2S2. The molecule has 0 radical (unpaired) electrons. The van der Waals surface area contributed by atoms with E-state index in [2.05, 4.69) is 4.98 Å². The van der Waals surface area contributed by atoms with Gasteiger partial charge in [-0.05, 0) is 18.2 Å². The fourth-order valence-corrected chi connectivity index (χ4v) is 3.30. The van der Waals surface area contributed by atoms with Gasteiger partial charge in [0.1, 0.15) is 0 Å². The molecule has 2 N–H and O–H groups in total. The lowest BCUT2D eigenvalue weighted by atomic mass is 10.2. The van der Waals surface area contributed by atoms with Crippen molar-refractivity contribution in [1.29, 1.82) is 0 Å². The minimum Gasteiger partial charge on any atom is -0.398 e. The molecule has 0 atom stereocenters. The highest BCUT2D eigenvalue weighted by Crippen LogP contribution is 2.35. The van der Waals surface area contributed by atoms with Gasteiger partial charge >= 0.3 is 6.18 Å². The topological polar surface area (TPSA) is 38.9 Å². The Kier molecular flexibility index (Phi) is 4.27. The predicted molar refractivity (Wildman–Crippen MR) is 72.5 cm³/mol. The number of aromatic nitrogens is 1. The highest BCUT2D eigenvalue weighted by atomic mass is 35.5. The summed E-state index contributed by atoms with van der Waals surface area (Å²) in [4.78, 5) is 5.44. The van der Waals surface area contributed by atoms with Crippen molar-refractivity contribution < 1.29 is 13.2 Å². The zero-order chi connectivity index (χ0) is 14.0. The number of thioether (sulfide) groups is 1. The van der Waals surface area contributed by atoms with Gasteiger partial charge in [0.2, 0.25) is 0 Å². The molecular weight excluding hydrogens is 317 g/mol. The minimum atomic E-state index is -4.37. The smallest absolute Gasteiger partial charge is 0.398 e. The molecule has 0 saturated heterocycles. The standard InChI is InChI=1S/C11H8ClF3N2S2/c12-10-17-4-7(19-10)5-18-9-2-1-6(3-8(9)16)11(13,14)15/h1-4H,5,16H2. The third kappa shape index (κ3) is 3.77. The Hall–Kier alpha value is -0.920. The maximum absolute atomic E-state index is 12.5. The monoisotopic (exact) mass is 324 g/mol. The molecule has 8 heteroatoms. The van der Waals surface area contributed by atoms with E-state index in [1.54, 1.807) is 6.20 Å². The first-order valence-electron chi connectivity index (χ1n) is 5.06. The first-order chi connectivity index (χ1) is 8.86. The summed E-state index contributed by atoms with van der Waals surface area (Å²) in [5.74, 6) is 0.569. The number of hydrogen-bond donors (Lipinski definition) is 1. The van der Waals surface area contributed by atoms with E-state index in [4.69, 9.17) is 17.3 Å². The Labute approximate surface area is 120 Å². The van der Waals surface area contributed by atoms with Crippen LogP contribution in [0.2, 0.25) is 4.47 Å². The van der Waals surface area contributed by atoms with E-state index in [1.165, 1.54) is 29.2 Å². The second-order valence-corrected chi connectivity index (χ2v) is 6.33. The first kappa shape index (κ1) is 14.5. The molecule has 2 aromatic rings. The van der Waals surface area contributed by atoms with Crippen molar-refractivity contribution in [2.24, 2.45) is 0 Å². The van der Waals surface area contributed by atoms with Crippen molar-refractivity contribution in [2.75, 3.05) is 5.73 Å². The fraction of sp³-hybridized carbons (Fsp3) is 0.182. The van der Waals surface area contributed by atoms with Crippen molar-refractivity contribution in [1.82, 2.24) is 4.98 Å².